The van der Waals surface area contributed by atoms with Crippen molar-refractivity contribution in [3.05, 3.63) is 64.3 Å². The van der Waals surface area contributed by atoms with E-state index < -0.39 is 0 Å². The number of fused-ring (bicyclic) bond motifs is 1. The summed E-state index contributed by atoms with van der Waals surface area (Å²) in [5.74, 6) is 0.832. The molecule has 0 fully saturated rings. The van der Waals surface area contributed by atoms with Crippen LogP contribution in [0.1, 0.15) is 5.56 Å². The molecular weight excluding hydrogens is 293 g/mol. The van der Waals surface area contributed by atoms with Gasteiger partial charge in [0.15, 0.2) is 0 Å². The van der Waals surface area contributed by atoms with Gasteiger partial charge >= 0.3 is 0 Å². The molecule has 0 amide bonds. The molecule has 0 saturated carbocycles. The molecule has 20 heavy (non-hydrogen) atoms. The third-order valence-electron chi connectivity index (χ3n) is 3.32. The van der Waals surface area contributed by atoms with Gasteiger partial charge in [-0.2, -0.15) is 0 Å². The molecule has 0 unspecified atom stereocenters. The minimum atomic E-state index is 0.688. The molecule has 0 radical (unpaired) electrons. The van der Waals surface area contributed by atoms with Crippen molar-refractivity contribution in [2.75, 3.05) is 7.11 Å². The van der Waals surface area contributed by atoms with Gasteiger partial charge in [-0.25, -0.2) is 0 Å². The maximum Gasteiger partial charge on any atom is 0.123 e. The molecule has 0 aliphatic rings. The normalized spacial score (nSPS) is 10.9. The first-order valence-electron chi connectivity index (χ1n) is 6.24. The van der Waals surface area contributed by atoms with E-state index in [1.165, 1.54) is 0 Å². The number of rotatable bonds is 3. The fourth-order valence-electron chi connectivity index (χ4n) is 2.35. The largest absolute Gasteiger partial charge is 0.496 e. The summed E-state index contributed by atoms with van der Waals surface area (Å²) in [5.41, 5.74) is 2.14. The van der Waals surface area contributed by atoms with Gasteiger partial charge < -0.3 is 9.30 Å². The van der Waals surface area contributed by atoms with Gasteiger partial charge in [0.1, 0.15) is 5.75 Å². The monoisotopic (exact) mass is 305 g/mol. The van der Waals surface area contributed by atoms with Crippen molar-refractivity contribution in [2.45, 2.75) is 6.54 Å². The van der Waals surface area contributed by atoms with E-state index in [4.69, 9.17) is 27.9 Å². The van der Waals surface area contributed by atoms with Crippen molar-refractivity contribution in [2.24, 2.45) is 0 Å². The van der Waals surface area contributed by atoms with E-state index in [0.29, 0.717) is 11.6 Å². The molecule has 0 aliphatic carbocycles. The molecule has 0 saturated heterocycles. The lowest BCUT2D eigenvalue weighted by Gasteiger charge is -2.11. The standard InChI is InChI=1S/C16H13Cl2NO/c1-20-16-5-4-13(17)8-12(16)10-19-7-6-11-2-3-14(18)9-15(11)19/h2-9H,10H2,1H3. The Morgan fingerprint density at radius 2 is 1.75 bits per heavy atom. The summed E-state index contributed by atoms with van der Waals surface area (Å²) in [6, 6.07) is 13.6. The Morgan fingerprint density at radius 3 is 2.55 bits per heavy atom. The fourth-order valence-corrected chi connectivity index (χ4v) is 2.71. The molecule has 1 heterocycles. The van der Waals surface area contributed by atoms with Gasteiger partial charge in [-0.3, -0.25) is 0 Å². The van der Waals surface area contributed by atoms with E-state index in [-0.39, 0.29) is 0 Å². The number of halogens is 2. The van der Waals surface area contributed by atoms with Crippen LogP contribution in [0, 0.1) is 0 Å². The topological polar surface area (TPSA) is 14.2 Å². The predicted molar refractivity (Wildman–Crippen MR) is 84.1 cm³/mol. The summed E-state index contributed by atoms with van der Waals surface area (Å²) in [6.07, 6.45) is 2.04. The highest BCUT2D eigenvalue weighted by Crippen LogP contribution is 2.26. The van der Waals surface area contributed by atoms with Crippen LogP contribution in [0.25, 0.3) is 10.9 Å². The highest BCUT2D eigenvalue weighted by atomic mass is 35.5. The van der Waals surface area contributed by atoms with Crippen LogP contribution in [0.4, 0.5) is 0 Å². The van der Waals surface area contributed by atoms with Gasteiger partial charge in [0.05, 0.1) is 13.7 Å². The van der Waals surface area contributed by atoms with E-state index in [9.17, 15) is 0 Å². The first kappa shape index (κ1) is 13.3. The summed E-state index contributed by atoms with van der Waals surface area (Å²) in [5, 5.41) is 2.60. The van der Waals surface area contributed by atoms with Crippen LogP contribution in [-0.4, -0.2) is 11.7 Å². The van der Waals surface area contributed by atoms with E-state index in [0.717, 1.165) is 27.2 Å². The fraction of sp³-hybridized carbons (Fsp3) is 0.125. The highest BCUT2D eigenvalue weighted by Gasteiger charge is 2.07. The van der Waals surface area contributed by atoms with Crippen molar-refractivity contribution < 1.29 is 4.74 Å². The van der Waals surface area contributed by atoms with Crippen molar-refractivity contribution in [3.63, 3.8) is 0 Å². The predicted octanol–water partition coefficient (Wildman–Crippen LogP) is 5.01. The van der Waals surface area contributed by atoms with Gasteiger partial charge in [-0.05, 0) is 41.8 Å². The van der Waals surface area contributed by atoms with Gasteiger partial charge in [-0.15, -0.1) is 0 Å². The van der Waals surface area contributed by atoms with Crippen molar-refractivity contribution >= 4 is 34.1 Å². The summed E-state index contributed by atoms with van der Waals surface area (Å²) >= 11 is 12.1. The Balaban J connectivity index is 2.05. The molecule has 0 spiro atoms. The van der Waals surface area contributed by atoms with Gasteiger partial charge in [-0.1, -0.05) is 29.3 Å². The van der Waals surface area contributed by atoms with Crippen LogP contribution in [-0.2, 0) is 6.54 Å². The Morgan fingerprint density at radius 1 is 1.00 bits per heavy atom. The Hall–Kier alpha value is -1.64. The van der Waals surface area contributed by atoms with E-state index in [1.807, 2.05) is 42.6 Å². The van der Waals surface area contributed by atoms with E-state index >= 15 is 0 Å². The van der Waals surface area contributed by atoms with Crippen molar-refractivity contribution in [1.82, 2.24) is 4.57 Å². The average molecular weight is 306 g/mol. The Kier molecular flexibility index (Phi) is 3.60. The van der Waals surface area contributed by atoms with Crippen LogP contribution in [0.3, 0.4) is 0 Å². The molecule has 4 heteroatoms. The molecule has 1 aromatic heterocycles. The Bertz CT molecular complexity index is 764. The molecule has 0 atom stereocenters. The maximum absolute atomic E-state index is 6.08. The van der Waals surface area contributed by atoms with E-state index in [1.54, 1.807) is 7.11 Å². The van der Waals surface area contributed by atoms with Crippen molar-refractivity contribution in [3.8, 4) is 5.75 Å². The number of hydrogen-bond acceptors (Lipinski definition) is 1. The Labute approximate surface area is 127 Å². The molecule has 3 rings (SSSR count). The zero-order chi connectivity index (χ0) is 14.1. The van der Waals surface area contributed by atoms with Crippen LogP contribution >= 0.6 is 23.2 Å². The molecule has 2 nitrogen and oxygen atoms in total. The molecule has 0 bridgehead atoms. The van der Waals surface area contributed by atoms with Crippen LogP contribution in [0.15, 0.2) is 48.7 Å². The number of aromatic nitrogens is 1. The lowest BCUT2D eigenvalue weighted by Crippen LogP contribution is -2.00. The van der Waals surface area contributed by atoms with Gasteiger partial charge in [0.2, 0.25) is 0 Å². The zero-order valence-corrected chi connectivity index (χ0v) is 12.4. The summed E-state index contributed by atoms with van der Waals surface area (Å²) in [4.78, 5) is 0. The van der Waals surface area contributed by atoms with E-state index in [2.05, 4.69) is 10.6 Å². The maximum atomic E-state index is 6.08. The third-order valence-corrected chi connectivity index (χ3v) is 3.79. The first-order chi connectivity index (χ1) is 9.67. The quantitative estimate of drug-likeness (QED) is 0.664. The minimum Gasteiger partial charge on any atom is -0.496 e. The second kappa shape index (κ2) is 5.39. The first-order valence-corrected chi connectivity index (χ1v) is 7.00. The lowest BCUT2D eigenvalue weighted by molar-refractivity contribution is 0.408. The van der Waals surface area contributed by atoms with Gasteiger partial charge in [0, 0.05) is 27.3 Å². The molecule has 0 N–H and O–H groups in total. The SMILES string of the molecule is COc1ccc(Cl)cc1Cn1ccc2ccc(Cl)cc21. The average Bonchev–Trinajstić information content (AvgIpc) is 2.82. The van der Waals surface area contributed by atoms with Crippen molar-refractivity contribution in [1.29, 1.82) is 0 Å². The highest BCUT2D eigenvalue weighted by molar-refractivity contribution is 6.31. The second-order valence-electron chi connectivity index (χ2n) is 4.60. The zero-order valence-electron chi connectivity index (χ0n) is 10.9. The molecule has 3 aromatic rings. The summed E-state index contributed by atoms with van der Waals surface area (Å²) in [7, 11) is 1.66. The lowest BCUT2D eigenvalue weighted by atomic mass is 10.2. The molecule has 2 aromatic carbocycles. The summed E-state index contributed by atoms with van der Waals surface area (Å²) < 4.78 is 7.52. The summed E-state index contributed by atoms with van der Waals surface area (Å²) in [6.45, 7) is 0.688. The van der Waals surface area contributed by atoms with Crippen LogP contribution in [0.2, 0.25) is 10.0 Å². The van der Waals surface area contributed by atoms with Crippen LogP contribution < -0.4 is 4.74 Å². The number of hydrogen-bond donors (Lipinski definition) is 0. The molecule has 102 valence electrons. The second-order valence-corrected chi connectivity index (χ2v) is 5.48. The number of methoxy groups -OCH3 is 1. The van der Waals surface area contributed by atoms with Crippen LogP contribution in [0.5, 0.6) is 5.75 Å². The van der Waals surface area contributed by atoms with Gasteiger partial charge in [0.25, 0.3) is 0 Å². The third kappa shape index (κ3) is 2.49. The smallest absolute Gasteiger partial charge is 0.123 e. The molecule has 0 aliphatic heterocycles. The number of benzene rings is 2. The minimum absolute atomic E-state index is 0.688. The number of nitrogens with zero attached hydrogens (tertiary/aromatic N) is 1. The molecular formula is C16H13Cl2NO. The number of ether oxygens (including phenoxy) is 1.